The molecule has 2 unspecified atom stereocenters. The van der Waals surface area contributed by atoms with Crippen LogP contribution in [-0.4, -0.2) is 30.3 Å². The van der Waals surface area contributed by atoms with E-state index in [9.17, 15) is 0 Å². The first kappa shape index (κ1) is 13.6. The molecule has 1 aliphatic rings. The molecule has 0 aliphatic carbocycles. The topological polar surface area (TPSA) is 25.4 Å². The molecule has 0 spiro atoms. The molecule has 2 rings (SSSR count). The number of hydrogen-bond donors (Lipinski definition) is 0. The predicted octanol–water partition coefficient (Wildman–Crippen LogP) is 3.05. The molecule has 4 heteroatoms. The summed E-state index contributed by atoms with van der Waals surface area (Å²) in [5.74, 6) is 1.54. The summed E-state index contributed by atoms with van der Waals surface area (Å²) in [6, 6.07) is 2.09. The lowest BCUT2D eigenvalue weighted by atomic mass is 10.1. The molecule has 100 valence electrons. The van der Waals surface area contributed by atoms with Crippen molar-refractivity contribution >= 4 is 17.4 Å². The second kappa shape index (κ2) is 5.45. The van der Waals surface area contributed by atoms with E-state index in [1.54, 1.807) is 0 Å². The van der Waals surface area contributed by atoms with E-state index in [2.05, 4.69) is 36.7 Å². The van der Waals surface area contributed by atoms with Crippen molar-refractivity contribution in [1.82, 2.24) is 4.98 Å². The van der Waals surface area contributed by atoms with Gasteiger partial charge in [0.1, 0.15) is 5.82 Å². The number of aromatic nitrogens is 1. The second-order valence-electron chi connectivity index (χ2n) is 5.18. The number of alkyl halides is 1. The van der Waals surface area contributed by atoms with Gasteiger partial charge in [0.15, 0.2) is 0 Å². The molecule has 2 heterocycles. The Kier molecular flexibility index (Phi) is 4.13. The molecule has 1 aliphatic heterocycles. The van der Waals surface area contributed by atoms with E-state index in [-0.39, 0.29) is 12.2 Å². The van der Waals surface area contributed by atoms with Gasteiger partial charge in [0, 0.05) is 24.3 Å². The van der Waals surface area contributed by atoms with Gasteiger partial charge >= 0.3 is 0 Å². The minimum atomic E-state index is 0.236. The highest BCUT2D eigenvalue weighted by Crippen LogP contribution is 2.27. The highest BCUT2D eigenvalue weighted by atomic mass is 35.5. The zero-order valence-corrected chi connectivity index (χ0v) is 12.3. The second-order valence-corrected chi connectivity index (χ2v) is 5.45. The van der Waals surface area contributed by atoms with Crippen LogP contribution in [0, 0.1) is 13.8 Å². The molecule has 1 fully saturated rings. The van der Waals surface area contributed by atoms with Crippen molar-refractivity contribution in [2.24, 2.45) is 0 Å². The smallest absolute Gasteiger partial charge is 0.133 e. The SMILES string of the molecule is Cc1cc(C)c(CCl)c(N2CC(C)OC(C)C2)n1. The lowest BCUT2D eigenvalue weighted by Gasteiger charge is -2.37. The largest absolute Gasteiger partial charge is 0.372 e. The molecule has 0 aromatic carbocycles. The average Bonchev–Trinajstić information content (AvgIpc) is 2.26. The number of halogens is 1. The molecule has 2 atom stereocenters. The fraction of sp³-hybridized carbons (Fsp3) is 0.643. The Labute approximate surface area is 114 Å². The van der Waals surface area contributed by atoms with Crippen LogP contribution >= 0.6 is 11.6 Å². The molecular weight excluding hydrogens is 248 g/mol. The third kappa shape index (κ3) is 2.78. The van der Waals surface area contributed by atoms with Crippen molar-refractivity contribution in [2.45, 2.75) is 45.8 Å². The van der Waals surface area contributed by atoms with E-state index >= 15 is 0 Å². The van der Waals surface area contributed by atoms with Crippen LogP contribution in [0.15, 0.2) is 6.07 Å². The Morgan fingerprint density at radius 1 is 1.33 bits per heavy atom. The fourth-order valence-electron chi connectivity index (χ4n) is 2.62. The molecule has 1 saturated heterocycles. The number of nitrogens with zero attached hydrogens (tertiary/aromatic N) is 2. The number of anilines is 1. The van der Waals surface area contributed by atoms with Crippen LogP contribution in [0.5, 0.6) is 0 Å². The van der Waals surface area contributed by atoms with E-state index in [1.165, 1.54) is 5.56 Å². The Hall–Kier alpha value is -0.800. The first-order valence-electron chi connectivity index (χ1n) is 6.44. The highest BCUT2D eigenvalue weighted by Gasteiger charge is 2.25. The maximum absolute atomic E-state index is 6.08. The average molecular weight is 269 g/mol. The van der Waals surface area contributed by atoms with Crippen molar-refractivity contribution < 1.29 is 4.74 Å². The summed E-state index contributed by atoms with van der Waals surface area (Å²) in [5.41, 5.74) is 3.41. The van der Waals surface area contributed by atoms with Crippen LogP contribution in [0.25, 0.3) is 0 Å². The first-order chi connectivity index (χ1) is 8.51. The standard InChI is InChI=1S/C14H21ClN2O/c1-9-5-10(2)16-14(13(9)6-15)17-7-11(3)18-12(4)8-17/h5,11-12H,6-8H2,1-4H3. The maximum atomic E-state index is 6.08. The van der Waals surface area contributed by atoms with Crippen molar-refractivity contribution in [3.63, 3.8) is 0 Å². The van der Waals surface area contributed by atoms with Crippen LogP contribution in [0.4, 0.5) is 5.82 Å². The van der Waals surface area contributed by atoms with Crippen LogP contribution < -0.4 is 4.90 Å². The van der Waals surface area contributed by atoms with Gasteiger partial charge in [0.2, 0.25) is 0 Å². The maximum Gasteiger partial charge on any atom is 0.133 e. The van der Waals surface area contributed by atoms with Gasteiger partial charge in [-0.3, -0.25) is 0 Å². The molecule has 0 bridgehead atoms. The van der Waals surface area contributed by atoms with Gasteiger partial charge in [0.25, 0.3) is 0 Å². The number of ether oxygens (including phenoxy) is 1. The van der Waals surface area contributed by atoms with Crippen LogP contribution in [0.1, 0.15) is 30.7 Å². The minimum Gasteiger partial charge on any atom is -0.372 e. The lowest BCUT2D eigenvalue weighted by molar-refractivity contribution is -0.00550. The molecule has 0 N–H and O–H groups in total. The summed E-state index contributed by atoms with van der Waals surface area (Å²) < 4.78 is 5.77. The third-order valence-electron chi connectivity index (χ3n) is 3.31. The predicted molar refractivity (Wildman–Crippen MR) is 75.5 cm³/mol. The van der Waals surface area contributed by atoms with Gasteiger partial charge in [-0.1, -0.05) is 0 Å². The Balaban J connectivity index is 2.37. The van der Waals surface area contributed by atoms with Gasteiger partial charge < -0.3 is 9.64 Å². The van der Waals surface area contributed by atoms with Crippen LogP contribution in [0.3, 0.4) is 0 Å². The van der Waals surface area contributed by atoms with Crippen molar-refractivity contribution in [1.29, 1.82) is 0 Å². The zero-order valence-electron chi connectivity index (χ0n) is 11.5. The van der Waals surface area contributed by atoms with Crippen LogP contribution in [0.2, 0.25) is 0 Å². The summed E-state index contributed by atoms with van der Waals surface area (Å²) in [6.45, 7) is 10.1. The third-order valence-corrected chi connectivity index (χ3v) is 3.57. The highest BCUT2D eigenvalue weighted by molar-refractivity contribution is 6.17. The van der Waals surface area contributed by atoms with Crippen molar-refractivity contribution in [3.8, 4) is 0 Å². The van der Waals surface area contributed by atoms with Gasteiger partial charge in [-0.15, -0.1) is 11.6 Å². The molecule has 3 nitrogen and oxygen atoms in total. The van der Waals surface area contributed by atoms with Crippen molar-refractivity contribution in [2.75, 3.05) is 18.0 Å². The molecular formula is C14H21ClN2O. The van der Waals surface area contributed by atoms with E-state index in [1.807, 2.05) is 6.92 Å². The van der Waals surface area contributed by atoms with E-state index in [0.717, 1.165) is 30.2 Å². The summed E-state index contributed by atoms with van der Waals surface area (Å²) in [6.07, 6.45) is 0.471. The van der Waals surface area contributed by atoms with Gasteiger partial charge in [-0.2, -0.15) is 0 Å². The summed E-state index contributed by atoms with van der Waals surface area (Å²) >= 11 is 6.08. The van der Waals surface area contributed by atoms with E-state index < -0.39 is 0 Å². The number of rotatable bonds is 2. The summed E-state index contributed by atoms with van der Waals surface area (Å²) in [7, 11) is 0. The van der Waals surface area contributed by atoms with Crippen molar-refractivity contribution in [3.05, 3.63) is 22.9 Å². The Morgan fingerprint density at radius 3 is 2.50 bits per heavy atom. The summed E-state index contributed by atoms with van der Waals surface area (Å²) in [4.78, 5) is 6.99. The van der Waals surface area contributed by atoms with Gasteiger partial charge in [-0.25, -0.2) is 4.98 Å². The lowest BCUT2D eigenvalue weighted by Crippen LogP contribution is -2.46. The zero-order chi connectivity index (χ0) is 13.3. The normalized spacial score (nSPS) is 24.4. The Morgan fingerprint density at radius 2 is 1.94 bits per heavy atom. The van der Waals surface area contributed by atoms with E-state index in [0.29, 0.717) is 5.88 Å². The monoisotopic (exact) mass is 268 g/mol. The molecule has 0 saturated carbocycles. The van der Waals surface area contributed by atoms with Crippen LogP contribution in [-0.2, 0) is 10.6 Å². The molecule has 1 aromatic rings. The molecule has 1 aromatic heterocycles. The Bertz CT molecular complexity index is 426. The van der Waals surface area contributed by atoms with Gasteiger partial charge in [-0.05, 0) is 39.3 Å². The minimum absolute atomic E-state index is 0.236. The summed E-state index contributed by atoms with van der Waals surface area (Å²) in [5, 5.41) is 0. The fourth-order valence-corrected chi connectivity index (χ4v) is 2.95. The molecule has 0 amide bonds. The molecule has 0 radical (unpaired) electrons. The number of pyridine rings is 1. The quantitative estimate of drug-likeness (QED) is 0.771. The van der Waals surface area contributed by atoms with Gasteiger partial charge in [0.05, 0.1) is 18.1 Å². The molecule has 18 heavy (non-hydrogen) atoms. The number of morpholine rings is 1. The number of hydrogen-bond acceptors (Lipinski definition) is 3. The van der Waals surface area contributed by atoms with E-state index in [4.69, 9.17) is 16.3 Å². The number of aryl methyl sites for hydroxylation is 2. The first-order valence-corrected chi connectivity index (χ1v) is 6.98.